The second kappa shape index (κ2) is 11.5. The Morgan fingerprint density at radius 1 is 0.848 bits per heavy atom. The van der Waals surface area contributed by atoms with Gasteiger partial charge in [0.05, 0.1) is 6.04 Å². The van der Waals surface area contributed by atoms with Gasteiger partial charge >= 0.3 is 6.03 Å². The van der Waals surface area contributed by atoms with Crippen LogP contribution < -0.4 is 10.1 Å². The molecule has 0 saturated carbocycles. The second-order valence-electron chi connectivity index (χ2n) is 8.41. The maximum atomic E-state index is 12.7. The van der Waals surface area contributed by atoms with Crippen molar-refractivity contribution in [1.82, 2.24) is 15.1 Å². The first-order valence-corrected chi connectivity index (χ1v) is 11.8. The van der Waals surface area contributed by atoms with Crippen LogP contribution in [0.2, 0.25) is 0 Å². The molecule has 33 heavy (non-hydrogen) atoms. The van der Waals surface area contributed by atoms with E-state index in [9.17, 15) is 4.79 Å². The Balaban J connectivity index is 1.29. The number of nitrogens with zero attached hydrogens (tertiary/aromatic N) is 2. The lowest BCUT2D eigenvalue weighted by Gasteiger charge is -2.39. The fourth-order valence-electron chi connectivity index (χ4n) is 4.40. The van der Waals surface area contributed by atoms with E-state index in [2.05, 4.69) is 89.9 Å². The Morgan fingerprint density at radius 2 is 1.42 bits per heavy atom. The monoisotopic (exact) mass is 443 g/mol. The lowest BCUT2D eigenvalue weighted by atomic mass is 9.96. The van der Waals surface area contributed by atoms with Gasteiger partial charge < -0.3 is 15.0 Å². The lowest BCUT2D eigenvalue weighted by Crippen LogP contribution is -2.53. The number of hydrogen-bond donors (Lipinski definition) is 1. The molecule has 0 bridgehead atoms. The summed E-state index contributed by atoms with van der Waals surface area (Å²) >= 11 is 0. The predicted molar refractivity (Wildman–Crippen MR) is 132 cm³/mol. The minimum absolute atomic E-state index is 0.0757. The highest BCUT2D eigenvalue weighted by molar-refractivity contribution is 5.74. The Labute approximate surface area is 197 Å². The number of ether oxygens (including phenoxy) is 1. The zero-order valence-electron chi connectivity index (χ0n) is 19.3. The van der Waals surface area contributed by atoms with Gasteiger partial charge in [0.1, 0.15) is 5.75 Å². The molecule has 1 N–H and O–H groups in total. The summed E-state index contributed by atoms with van der Waals surface area (Å²) in [4.78, 5) is 17.0. The van der Waals surface area contributed by atoms with Crippen molar-refractivity contribution in [3.8, 4) is 5.75 Å². The molecule has 0 radical (unpaired) electrons. The van der Waals surface area contributed by atoms with Crippen LogP contribution in [0.15, 0.2) is 84.9 Å². The van der Waals surface area contributed by atoms with Crippen LogP contribution in [0, 0.1) is 0 Å². The molecule has 0 atom stereocenters. The number of aryl methyl sites for hydroxylation is 1. The average Bonchev–Trinajstić information content (AvgIpc) is 2.87. The molecule has 5 heteroatoms. The number of carbonyl (C=O) groups excluding carboxylic acids is 1. The predicted octanol–water partition coefficient (Wildman–Crippen LogP) is 5.09. The van der Waals surface area contributed by atoms with Gasteiger partial charge in [-0.1, -0.05) is 86.1 Å². The minimum Gasteiger partial charge on any atom is -0.473 e. The minimum atomic E-state index is -0.0757. The number of amides is 2. The van der Waals surface area contributed by atoms with E-state index < -0.39 is 0 Å². The van der Waals surface area contributed by atoms with E-state index in [-0.39, 0.29) is 18.8 Å². The quantitative estimate of drug-likeness (QED) is 0.493. The van der Waals surface area contributed by atoms with Crippen molar-refractivity contribution in [3.63, 3.8) is 0 Å². The average molecular weight is 444 g/mol. The zero-order valence-corrected chi connectivity index (χ0v) is 19.3. The summed E-state index contributed by atoms with van der Waals surface area (Å²) in [7, 11) is 0. The normalized spacial score (nSPS) is 14.3. The van der Waals surface area contributed by atoms with Crippen LogP contribution >= 0.6 is 0 Å². The summed E-state index contributed by atoms with van der Waals surface area (Å²) in [5, 5.41) is 2.89. The smallest absolute Gasteiger partial charge is 0.320 e. The summed E-state index contributed by atoms with van der Waals surface area (Å²) < 4.78 is 5.71. The van der Waals surface area contributed by atoms with E-state index in [4.69, 9.17) is 4.74 Å². The molecule has 0 aliphatic carbocycles. The molecule has 4 rings (SSSR count). The number of piperazine rings is 1. The Hall–Kier alpha value is -3.31. The first-order chi connectivity index (χ1) is 16.2. The first kappa shape index (κ1) is 22.9. The molecule has 2 amide bonds. The van der Waals surface area contributed by atoms with Gasteiger partial charge in [0.15, 0.2) is 6.73 Å². The number of carbonyl (C=O) groups is 1. The molecule has 3 aromatic carbocycles. The largest absolute Gasteiger partial charge is 0.473 e. The highest BCUT2D eigenvalue weighted by Crippen LogP contribution is 2.29. The van der Waals surface area contributed by atoms with Crippen LogP contribution in [0.4, 0.5) is 4.79 Å². The van der Waals surface area contributed by atoms with Crippen molar-refractivity contribution < 1.29 is 9.53 Å². The standard InChI is InChI=1S/C28H33N3O2/c1-2-9-23-14-16-26(17-15-23)33-22-29-28(32)31-20-18-30(19-21-31)27(24-10-5-3-6-11-24)25-12-7-4-8-13-25/h3-8,10-17,27H,2,9,18-22H2,1H3,(H,29,32). The van der Waals surface area contributed by atoms with Crippen LogP contribution in [0.3, 0.4) is 0 Å². The van der Waals surface area contributed by atoms with Crippen LogP contribution in [-0.2, 0) is 6.42 Å². The number of urea groups is 1. The topological polar surface area (TPSA) is 44.8 Å². The highest BCUT2D eigenvalue weighted by atomic mass is 16.5. The van der Waals surface area contributed by atoms with E-state index in [0.717, 1.165) is 31.7 Å². The van der Waals surface area contributed by atoms with Crippen LogP contribution in [-0.4, -0.2) is 48.7 Å². The third-order valence-electron chi connectivity index (χ3n) is 6.12. The Kier molecular flexibility index (Phi) is 7.99. The van der Waals surface area contributed by atoms with E-state index in [1.54, 1.807) is 0 Å². The van der Waals surface area contributed by atoms with Crippen LogP contribution in [0.5, 0.6) is 5.75 Å². The molecule has 0 unspecified atom stereocenters. The van der Waals surface area contributed by atoms with Gasteiger partial charge in [-0.3, -0.25) is 4.90 Å². The van der Waals surface area contributed by atoms with Gasteiger partial charge in [-0.2, -0.15) is 0 Å². The third kappa shape index (κ3) is 6.14. The van der Waals surface area contributed by atoms with Gasteiger partial charge in [0.25, 0.3) is 0 Å². The molecule has 0 spiro atoms. The molecule has 5 nitrogen and oxygen atoms in total. The third-order valence-corrected chi connectivity index (χ3v) is 6.12. The summed E-state index contributed by atoms with van der Waals surface area (Å²) in [6.07, 6.45) is 2.19. The van der Waals surface area contributed by atoms with E-state index >= 15 is 0 Å². The number of rotatable bonds is 8. The SMILES string of the molecule is CCCc1ccc(OCNC(=O)N2CCN(C(c3ccccc3)c3ccccc3)CC2)cc1. The van der Waals surface area contributed by atoms with Crippen molar-refractivity contribution >= 4 is 6.03 Å². The Bertz CT molecular complexity index is 945. The van der Waals surface area contributed by atoms with Gasteiger partial charge in [-0.15, -0.1) is 0 Å². The zero-order chi connectivity index (χ0) is 22.9. The van der Waals surface area contributed by atoms with Crippen molar-refractivity contribution in [2.24, 2.45) is 0 Å². The maximum absolute atomic E-state index is 12.7. The van der Waals surface area contributed by atoms with Crippen molar-refractivity contribution in [2.75, 3.05) is 32.9 Å². The number of benzene rings is 3. The highest BCUT2D eigenvalue weighted by Gasteiger charge is 2.28. The van der Waals surface area contributed by atoms with Gasteiger partial charge in [0.2, 0.25) is 0 Å². The summed E-state index contributed by atoms with van der Waals surface area (Å²) in [6.45, 7) is 5.36. The van der Waals surface area contributed by atoms with E-state index in [1.165, 1.54) is 16.7 Å². The Morgan fingerprint density at radius 3 is 1.97 bits per heavy atom. The van der Waals surface area contributed by atoms with Crippen molar-refractivity contribution in [1.29, 1.82) is 0 Å². The fourth-order valence-corrected chi connectivity index (χ4v) is 4.40. The first-order valence-electron chi connectivity index (χ1n) is 11.8. The van der Waals surface area contributed by atoms with E-state index in [0.29, 0.717) is 13.1 Å². The summed E-state index contributed by atoms with van der Waals surface area (Å²) in [5.74, 6) is 0.772. The maximum Gasteiger partial charge on any atom is 0.320 e. The summed E-state index contributed by atoms with van der Waals surface area (Å²) in [6, 6.07) is 29.4. The summed E-state index contributed by atoms with van der Waals surface area (Å²) in [5.41, 5.74) is 3.86. The van der Waals surface area contributed by atoms with E-state index in [1.807, 2.05) is 17.0 Å². The van der Waals surface area contributed by atoms with Gasteiger partial charge in [-0.25, -0.2) is 4.79 Å². The number of hydrogen-bond acceptors (Lipinski definition) is 3. The molecule has 1 aliphatic heterocycles. The lowest BCUT2D eigenvalue weighted by molar-refractivity contribution is 0.116. The molecule has 1 fully saturated rings. The van der Waals surface area contributed by atoms with Crippen LogP contribution in [0.1, 0.15) is 36.1 Å². The number of nitrogens with one attached hydrogen (secondary N) is 1. The van der Waals surface area contributed by atoms with Crippen LogP contribution in [0.25, 0.3) is 0 Å². The van der Waals surface area contributed by atoms with Crippen molar-refractivity contribution in [3.05, 3.63) is 102 Å². The second-order valence-corrected chi connectivity index (χ2v) is 8.41. The molecule has 172 valence electrons. The molecule has 0 aromatic heterocycles. The molecule has 1 saturated heterocycles. The van der Waals surface area contributed by atoms with Gasteiger partial charge in [-0.05, 0) is 35.2 Å². The molecular formula is C28H33N3O2. The molecule has 1 aliphatic rings. The van der Waals surface area contributed by atoms with Crippen molar-refractivity contribution in [2.45, 2.75) is 25.8 Å². The molecule has 1 heterocycles. The fraction of sp³-hybridized carbons (Fsp3) is 0.321. The molecule has 3 aromatic rings. The van der Waals surface area contributed by atoms with Gasteiger partial charge in [0, 0.05) is 26.2 Å². The molecular weight excluding hydrogens is 410 g/mol.